The molecule has 4 aliphatic rings. The number of rotatable bonds is 22. The van der Waals surface area contributed by atoms with E-state index in [1.165, 1.54) is 27.4 Å². The first kappa shape index (κ1) is 67.2. The number of phosphoric ester groups is 1. The van der Waals surface area contributed by atoms with Gasteiger partial charge in [0.25, 0.3) is 37.7 Å². The molecule has 3 aromatic carbocycles. The van der Waals surface area contributed by atoms with Gasteiger partial charge >= 0.3 is 27.4 Å². The van der Waals surface area contributed by atoms with Crippen molar-refractivity contribution in [1.82, 2.24) is 34.6 Å². The Bertz CT molecular complexity index is 4370. The molecule has 90 heavy (non-hydrogen) atoms. The number of nitrogens with one attached hydrogen (secondary N) is 3. The molecule has 4 aliphatic heterocycles. The molecule has 3 amide bonds. The fourth-order valence-corrected chi connectivity index (χ4v) is 14.9. The lowest BCUT2D eigenvalue weighted by atomic mass is 9.83. The number of nitrogens with two attached hydrogens (primary N) is 1. The minimum Gasteiger partial charge on any atom is -0.456 e. The summed E-state index contributed by atoms with van der Waals surface area (Å²) in [6, 6.07) is 13.9. The topological polar surface area (TPSA) is 435 Å². The number of amides is 3. The number of benzene rings is 3. The first-order chi connectivity index (χ1) is 41.9. The number of H-pyrrole nitrogens is 1. The molecular weight excluding hydrogens is 1260 g/mol. The van der Waals surface area contributed by atoms with Gasteiger partial charge < -0.3 is 60.2 Å². The van der Waals surface area contributed by atoms with Crippen LogP contribution in [0, 0.1) is 0 Å². The highest BCUT2D eigenvalue weighted by Crippen LogP contribution is 2.58. The van der Waals surface area contributed by atoms with E-state index in [0.29, 0.717) is 79.8 Å². The van der Waals surface area contributed by atoms with E-state index in [1.807, 2.05) is 41.5 Å². The van der Waals surface area contributed by atoms with E-state index in [-0.39, 0.29) is 55.2 Å². The maximum absolute atomic E-state index is 14.8. The zero-order chi connectivity index (χ0) is 66.0. The highest BCUT2D eigenvalue weighted by atomic mass is 32.2. The number of fused-ring (bicyclic) bond motifs is 5. The molecule has 5 atom stereocenters. The van der Waals surface area contributed by atoms with Crippen molar-refractivity contribution in [2.45, 2.75) is 90.0 Å². The molecule has 2 aromatic heterocycles. The van der Waals surface area contributed by atoms with Crippen LogP contribution in [0.25, 0.3) is 27.9 Å². The third-order valence-corrected chi connectivity index (χ3v) is 19.1. The third-order valence-electron chi connectivity index (χ3n) is 15.6. The number of aromatic amines is 1. The number of aliphatic hydroxyl groups excluding tert-OH is 1. The molecule has 31 nitrogen and oxygen atoms in total. The summed E-state index contributed by atoms with van der Waals surface area (Å²) >= 11 is 0. The van der Waals surface area contributed by atoms with Gasteiger partial charge in [0.1, 0.15) is 41.8 Å². The number of hydrogen-bond acceptors (Lipinski definition) is 19. The van der Waals surface area contributed by atoms with E-state index in [4.69, 9.17) is 29.7 Å². The van der Waals surface area contributed by atoms with Gasteiger partial charge in [-0.2, -0.15) is 21.1 Å². The molecule has 1 saturated heterocycles. The second kappa shape index (κ2) is 25.1. The summed E-state index contributed by atoms with van der Waals surface area (Å²) in [6.45, 7) is 11.2. The average Bonchev–Trinajstić information content (AvgIpc) is 0.900. The van der Waals surface area contributed by atoms with E-state index < -0.39 is 113 Å². The largest absolute Gasteiger partial charge is 0.481 e. The van der Waals surface area contributed by atoms with Gasteiger partial charge in [-0.15, -0.1) is 0 Å². The molecule has 0 spiro atoms. The van der Waals surface area contributed by atoms with Crippen molar-refractivity contribution in [3.63, 3.8) is 0 Å². The van der Waals surface area contributed by atoms with E-state index in [0.717, 1.165) is 0 Å². The van der Waals surface area contributed by atoms with Crippen molar-refractivity contribution < 1.29 is 96.9 Å². The molecule has 9 rings (SSSR count). The molecule has 6 heterocycles. The molecule has 0 aliphatic carbocycles. The zero-order valence-electron chi connectivity index (χ0n) is 50.0. The maximum Gasteiger partial charge on any atom is 0.481 e. The van der Waals surface area contributed by atoms with Crippen LogP contribution in [0.15, 0.2) is 71.8 Å². The van der Waals surface area contributed by atoms with Crippen molar-refractivity contribution in [1.29, 1.82) is 0 Å². The fraction of sp³-hybridized carbons (Fsp3) is 0.436. The fourth-order valence-electron chi connectivity index (χ4n) is 12.1. The summed E-state index contributed by atoms with van der Waals surface area (Å²) in [4.78, 5) is 92.0. The summed E-state index contributed by atoms with van der Waals surface area (Å²) < 4.78 is 126. The second-order valence-electron chi connectivity index (χ2n) is 23.0. The number of phosphoric acid groups is 2. The quantitative estimate of drug-likeness (QED) is 0.0197. The van der Waals surface area contributed by atoms with Crippen LogP contribution in [0.3, 0.4) is 0 Å². The number of alkyl carbamates (subject to hydrolysis) is 1. The Morgan fingerprint density at radius 3 is 2.23 bits per heavy atom. The number of nitrogen functional groups attached to an aromatic ring is 1. The number of carbonyl (C=O) groups excluding carboxylic acids is 3. The summed E-state index contributed by atoms with van der Waals surface area (Å²) in [5.74, 6) is -1.96. The lowest BCUT2D eigenvalue weighted by Gasteiger charge is -2.43. The first-order valence-corrected chi connectivity index (χ1v) is 34.3. The van der Waals surface area contributed by atoms with Crippen LogP contribution in [-0.2, 0) is 59.5 Å². The summed E-state index contributed by atoms with van der Waals surface area (Å²) in [7, 11) is -17.1. The number of anilines is 2. The third kappa shape index (κ3) is 14.4. The van der Waals surface area contributed by atoms with E-state index in [9.17, 15) is 64.2 Å². The number of aryl methyl sites for hydroxylation is 1. The molecule has 0 radical (unpaired) electrons. The van der Waals surface area contributed by atoms with Gasteiger partial charge in [0.15, 0.2) is 18.0 Å². The first-order valence-electron chi connectivity index (χ1n) is 28.1. The van der Waals surface area contributed by atoms with Gasteiger partial charge in [0.2, 0.25) is 23.0 Å². The molecule has 1 fully saturated rings. The molecule has 5 aromatic rings. The highest BCUT2D eigenvalue weighted by molar-refractivity contribution is 7.86. The lowest BCUT2D eigenvalue weighted by molar-refractivity contribution is -0.745. The molecular formula is C55H70N10O21P2S2+2. The smallest absolute Gasteiger partial charge is 0.456 e. The van der Waals surface area contributed by atoms with Crippen LogP contribution in [0.2, 0.25) is 0 Å². The molecule has 486 valence electrons. The van der Waals surface area contributed by atoms with Gasteiger partial charge in [0, 0.05) is 92.7 Å². The Morgan fingerprint density at radius 2 is 1.58 bits per heavy atom. The van der Waals surface area contributed by atoms with E-state index >= 15 is 0 Å². The molecule has 0 bridgehead atoms. The number of hydrogen-bond donors (Lipinski definition) is 10. The van der Waals surface area contributed by atoms with Crippen molar-refractivity contribution in [3.8, 4) is 11.5 Å². The summed E-state index contributed by atoms with van der Waals surface area (Å²) in [6.07, 6.45) is -2.97. The second-order valence-corrected chi connectivity index (χ2v) is 28.7. The molecule has 1 unspecified atom stereocenters. The van der Waals surface area contributed by atoms with Crippen LogP contribution >= 0.6 is 15.6 Å². The van der Waals surface area contributed by atoms with Crippen LogP contribution in [0.1, 0.15) is 93.2 Å². The number of aliphatic hydroxyl groups is 1. The molecule has 0 saturated carbocycles. The zero-order valence-corrected chi connectivity index (χ0v) is 53.4. The van der Waals surface area contributed by atoms with Crippen molar-refractivity contribution >= 4 is 93.3 Å². The highest BCUT2D eigenvalue weighted by Gasteiger charge is 2.52. The number of ether oxygens (including phenoxy) is 3. The number of imidazole rings is 1. The number of aromatic nitrogens is 4. The molecule has 11 N–H and O–H groups in total. The van der Waals surface area contributed by atoms with Crippen molar-refractivity contribution in [2.75, 3.05) is 68.5 Å². The normalized spacial score (nSPS) is 20.0. The van der Waals surface area contributed by atoms with Crippen LogP contribution in [0.5, 0.6) is 11.5 Å². The Kier molecular flexibility index (Phi) is 18.7. The average molecular weight is 1330 g/mol. The van der Waals surface area contributed by atoms with Crippen molar-refractivity contribution in [3.05, 3.63) is 116 Å². The number of carbonyl (C=O) groups is 3. The standard InChI is InChI=1S/C55H68N10O21P2S2/c1-9-64-38-22-40-36(20-34(38)30(24-54(64,3)4)27-89(76,77)78)44(37-21-35-31(28-90(79,80)81)25-55(5,6)65(10-2)39(35)23-41(37)83-40)32-14-11-12-15-33(32)50(69)61(7)19-13-16-43(66)57-17-18-58-53(70)85-47-46(67)42(26-82-88(74,75)86-87(71,72)73)84-51(47)63-29-62(8)45-48(63)59-52(56)60-49(45)68/h11-12,14-15,20-25,29,42,46-47,51,67H,9-10,13,16-19,26-28H2,1-8H3,(H8-2,56,57,58,59,60,66,68,70,71,72,73,74,75,76,77,78,79,80,81)/p+2/t42-,46-,47-,51-/m1/s1. The van der Waals surface area contributed by atoms with E-state index in [1.54, 1.807) is 67.7 Å². The van der Waals surface area contributed by atoms with Gasteiger partial charge in [-0.25, -0.2) is 23.1 Å². The predicted molar refractivity (Wildman–Crippen MR) is 324 cm³/mol. The van der Waals surface area contributed by atoms with Gasteiger partial charge in [0.05, 0.1) is 30.8 Å². The Balaban J connectivity index is 0.931. The Morgan fingerprint density at radius 1 is 0.911 bits per heavy atom. The van der Waals surface area contributed by atoms with Gasteiger partial charge in [-0.05, 0) is 75.1 Å². The van der Waals surface area contributed by atoms with E-state index in [2.05, 4.69) is 38.9 Å². The Labute approximate surface area is 515 Å². The SMILES string of the molecule is CCN1c2cc3c(cc2C(CS(=O)(=O)O)=CC1(C)C)C(c1ccccc1C(=O)N(C)CCCC(=O)NCCNC(=O)O[C@@H]1[C@H](O)[C@@H](COP(=O)(O)OP(=O)(O)O)O[C@H]1[n+]1cn(C)c2c(=O)[nH]c(N)nc21)=c1cc2c(cc1O3)=[N+](CC)C(C)(C)C=C2CS(=O)(=O)O. The summed E-state index contributed by atoms with van der Waals surface area (Å²) in [5.41, 5.74) is 7.28. The minimum atomic E-state index is -5.54. The summed E-state index contributed by atoms with van der Waals surface area (Å²) in [5, 5.41) is 17.5. The maximum atomic E-state index is 14.8. The lowest BCUT2D eigenvalue weighted by Crippen LogP contribution is -2.50. The minimum absolute atomic E-state index is 0.0326. The predicted octanol–water partition coefficient (Wildman–Crippen LogP) is 1.20. The van der Waals surface area contributed by atoms with Crippen LogP contribution < -0.4 is 51.3 Å². The van der Waals surface area contributed by atoms with Gasteiger partial charge in [-0.3, -0.25) is 37.6 Å². The van der Waals surface area contributed by atoms with Crippen LogP contribution in [0.4, 0.5) is 16.4 Å². The molecule has 35 heteroatoms. The monoisotopic (exact) mass is 1330 g/mol. The number of likely N-dealkylation sites (N-methyl/N-ethyl adjacent to an activating group) is 2. The van der Waals surface area contributed by atoms with Crippen LogP contribution in [-0.4, -0.2) is 170 Å². The Hall–Kier alpha value is -7.23. The van der Waals surface area contributed by atoms with Gasteiger partial charge in [-0.1, -0.05) is 29.3 Å². The number of nitrogens with zero attached hydrogens (tertiary/aromatic N) is 6. The van der Waals surface area contributed by atoms with Crippen molar-refractivity contribution in [2.24, 2.45) is 7.05 Å².